The minimum absolute atomic E-state index is 0.386. The average molecular weight is 216 g/mol. The molecule has 4 nitrogen and oxygen atoms in total. The molecular weight excluding hydrogens is 204 g/mol. The quantitative estimate of drug-likeness (QED) is 0.597. The predicted octanol–water partition coefficient (Wildman–Crippen LogP) is 0.619. The van der Waals surface area contributed by atoms with E-state index in [0.717, 1.165) is 24.2 Å². The first-order chi connectivity index (χ1) is 7.59. The van der Waals surface area contributed by atoms with Gasteiger partial charge in [-0.05, 0) is 12.0 Å². The van der Waals surface area contributed by atoms with Gasteiger partial charge in [-0.15, -0.1) is 0 Å². The van der Waals surface area contributed by atoms with Gasteiger partial charge in [-0.2, -0.15) is 0 Å². The molecule has 0 saturated carbocycles. The fraction of sp³-hybridized carbons (Fsp3) is 0.333. The van der Waals surface area contributed by atoms with Gasteiger partial charge in [-0.1, -0.05) is 0 Å². The molecule has 1 aromatic heterocycles. The molecule has 0 saturated heterocycles. The second kappa shape index (κ2) is 2.84. The summed E-state index contributed by atoms with van der Waals surface area (Å²) < 4.78 is 1.77. The van der Waals surface area contributed by atoms with Crippen LogP contribution in [0.4, 0.5) is 0 Å². The van der Waals surface area contributed by atoms with Crippen LogP contribution in [-0.2, 0) is 18.3 Å². The number of carbonyl (C=O) groups excluding carboxylic acids is 2. The number of hydrogen-bond donors (Lipinski definition) is 0. The van der Waals surface area contributed by atoms with Crippen LogP contribution in [0.3, 0.4) is 0 Å². The van der Waals surface area contributed by atoms with E-state index in [1.165, 1.54) is 11.6 Å². The summed E-state index contributed by atoms with van der Waals surface area (Å²) in [6.45, 7) is 0.893. The van der Waals surface area contributed by atoms with Crippen LogP contribution in [0.25, 0.3) is 5.70 Å². The number of ketones is 2. The summed E-state index contributed by atoms with van der Waals surface area (Å²) in [7, 11) is 3.77. The Kier molecular flexibility index (Phi) is 1.67. The molecule has 0 unspecified atom stereocenters. The molecule has 0 radical (unpaired) electrons. The van der Waals surface area contributed by atoms with Gasteiger partial charge in [0.15, 0.2) is 0 Å². The van der Waals surface area contributed by atoms with Crippen LogP contribution in [0.15, 0.2) is 12.3 Å². The van der Waals surface area contributed by atoms with Crippen molar-refractivity contribution in [1.29, 1.82) is 0 Å². The second-order valence-electron chi connectivity index (χ2n) is 4.38. The van der Waals surface area contributed by atoms with Crippen molar-refractivity contribution in [3.63, 3.8) is 0 Å². The number of aryl methyl sites for hydroxylation is 1. The number of nitrogens with zero attached hydrogens (tertiary/aromatic N) is 2. The Bertz CT molecular complexity index is 552. The smallest absolute Gasteiger partial charge is 0.249 e. The number of carbonyl (C=O) groups is 2. The molecule has 0 amide bonds. The Morgan fingerprint density at radius 2 is 2.00 bits per heavy atom. The van der Waals surface area contributed by atoms with Crippen LogP contribution >= 0.6 is 0 Å². The normalized spacial score (nSPS) is 18.6. The van der Waals surface area contributed by atoms with Crippen molar-refractivity contribution in [2.45, 2.75) is 6.42 Å². The lowest BCUT2D eigenvalue weighted by Gasteiger charge is -2.30. The van der Waals surface area contributed by atoms with Crippen molar-refractivity contribution >= 4 is 17.3 Å². The Hall–Kier alpha value is -1.84. The minimum atomic E-state index is -0.413. The Morgan fingerprint density at radius 1 is 1.25 bits per heavy atom. The van der Waals surface area contributed by atoms with Crippen molar-refractivity contribution < 1.29 is 9.59 Å². The van der Waals surface area contributed by atoms with E-state index in [4.69, 9.17) is 0 Å². The number of hydrogen-bond acceptors (Lipinski definition) is 3. The first-order valence-electron chi connectivity index (χ1n) is 5.29. The van der Waals surface area contributed by atoms with Crippen LogP contribution < -0.4 is 0 Å². The molecule has 3 rings (SSSR count). The summed E-state index contributed by atoms with van der Waals surface area (Å²) in [6.07, 6.45) is 4.35. The maximum Gasteiger partial charge on any atom is 0.249 e. The van der Waals surface area contributed by atoms with Gasteiger partial charge in [0.1, 0.15) is 5.69 Å². The third-order valence-corrected chi connectivity index (χ3v) is 3.35. The van der Waals surface area contributed by atoms with Crippen LogP contribution in [0, 0.1) is 0 Å². The molecule has 0 fully saturated rings. The van der Waals surface area contributed by atoms with Crippen LogP contribution in [0.2, 0.25) is 0 Å². The Balaban J connectivity index is 2.36. The molecule has 0 spiro atoms. The van der Waals surface area contributed by atoms with Crippen molar-refractivity contribution in [3.8, 4) is 0 Å². The van der Waals surface area contributed by atoms with Gasteiger partial charge in [-0.3, -0.25) is 9.59 Å². The highest BCUT2D eigenvalue weighted by atomic mass is 16.2. The van der Waals surface area contributed by atoms with E-state index >= 15 is 0 Å². The van der Waals surface area contributed by atoms with Gasteiger partial charge in [0, 0.05) is 38.5 Å². The topological polar surface area (TPSA) is 42.3 Å². The van der Waals surface area contributed by atoms with Crippen LogP contribution in [0.5, 0.6) is 0 Å². The predicted molar refractivity (Wildman–Crippen MR) is 59.1 cm³/mol. The first-order valence-corrected chi connectivity index (χ1v) is 5.29. The fourth-order valence-electron chi connectivity index (χ4n) is 2.53. The van der Waals surface area contributed by atoms with E-state index in [-0.39, 0.29) is 5.78 Å². The molecule has 1 aromatic rings. The highest BCUT2D eigenvalue weighted by molar-refractivity contribution is 6.50. The average Bonchev–Trinajstić information content (AvgIpc) is 2.57. The largest absolute Gasteiger partial charge is 0.374 e. The van der Waals surface area contributed by atoms with Crippen molar-refractivity contribution in [2.75, 3.05) is 13.6 Å². The summed E-state index contributed by atoms with van der Waals surface area (Å²) in [6, 6.07) is 0. The van der Waals surface area contributed by atoms with Gasteiger partial charge in [0.2, 0.25) is 11.6 Å². The van der Waals surface area contributed by atoms with Crippen molar-refractivity contribution in [2.24, 2.45) is 7.05 Å². The number of rotatable bonds is 0. The Labute approximate surface area is 93.2 Å². The number of allylic oxidation sites excluding steroid dienone is 1. The molecule has 16 heavy (non-hydrogen) atoms. The fourth-order valence-corrected chi connectivity index (χ4v) is 2.53. The summed E-state index contributed by atoms with van der Waals surface area (Å²) in [5.74, 6) is -0.799. The van der Waals surface area contributed by atoms with Gasteiger partial charge < -0.3 is 9.47 Å². The maximum absolute atomic E-state index is 11.8. The van der Waals surface area contributed by atoms with E-state index in [2.05, 4.69) is 0 Å². The monoisotopic (exact) mass is 216 g/mol. The van der Waals surface area contributed by atoms with Crippen molar-refractivity contribution in [3.05, 3.63) is 29.1 Å². The molecule has 1 aliphatic carbocycles. The summed E-state index contributed by atoms with van der Waals surface area (Å²) in [5.41, 5.74) is 3.56. The SMILES string of the molecule is CN1CCc2cn(C)c3c2C1=CC(=O)C3=O. The van der Waals surface area contributed by atoms with Crippen LogP contribution in [0.1, 0.15) is 21.6 Å². The molecular formula is C12H12N2O2. The lowest BCUT2D eigenvalue weighted by Crippen LogP contribution is -2.31. The highest BCUT2D eigenvalue weighted by Gasteiger charge is 2.34. The van der Waals surface area contributed by atoms with E-state index in [9.17, 15) is 9.59 Å². The highest BCUT2D eigenvalue weighted by Crippen LogP contribution is 2.34. The molecule has 1 aliphatic heterocycles. The van der Waals surface area contributed by atoms with Gasteiger partial charge >= 0.3 is 0 Å². The standard InChI is InChI=1S/C12H12N2O2/c1-13-4-3-7-6-14(2)11-10(7)8(13)5-9(15)12(11)16/h5-6H,3-4H2,1-2H3. The van der Waals surface area contributed by atoms with E-state index in [1.807, 2.05) is 25.2 Å². The molecule has 0 aromatic carbocycles. The number of aromatic nitrogens is 1. The Morgan fingerprint density at radius 3 is 2.75 bits per heavy atom. The molecule has 2 heterocycles. The first kappa shape index (κ1) is 9.39. The molecule has 0 bridgehead atoms. The third kappa shape index (κ3) is 0.988. The maximum atomic E-state index is 11.8. The number of Topliss-reactive ketones (excluding diaryl/α,β-unsaturated/α-hetero) is 1. The molecule has 0 atom stereocenters. The van der Waals surface area contributed by atoms with Gasteiger partial charge in [0.05, 0.1) is 5.70 Å². The zero-order valence-electron chi connectivity index (χ0n) is 9.28. The van der Waals surface area contributed by atoms with Crippen molar-refractivity contribution in [1.82, 2.24) is 9.47 Å². The molecule has 4 heteroatoms. The molecule has 2 aliphatic rings. The zero-order chi connectivity index (χ0) is 11.4. The summed E-state index contributed by atoms with van der Waals surface area (Å²) >= 11 is 0. The lowest BCUT2D eigenvalue weighted by atomic mass is 9.92. The van der Waals surface area contributed by atoms with E-state index in [0.29, 0.717) is 5.69 Å². The summed E-state index contributed by atoms with van der Waals surface area (Å²) in [5, 5.41) is 0. The second-order valence-corrected chi connectivity index (χ2v) is 4.38. The summed E-state index contributed by atoms with van der Waals surface area (Å²) in [4.78, 5) is 25.4. The van der Waals surface area contributed by atoms with Gasteiger partial charge in [-0.25, -0.2) is 0 Å². The van der Waals surface area contributed by atoms with E-state index in [1.54, 1.807) is 4.57 Å². The van der Waals surface area contributed by atoms with E-state index < -0.39 is 5.78 Å². The lowest BCUT2D eigenvalue weighted by molar-refractivity contribution is -0.111. The molecule has 0 N–H and O–H groups in total. The van der Waals surface area contributed by atoms with Crippen LogP contribution in [-0.4, -0.2) is 34.6 Å². The third-order valence-electron chi connectivity index (χ3n) is 3.35. The minimum Gasteiger partial charge on any atom is -0.374 e. The number of likely N-dealkylation sites (N-methyl/N-ethyl adjacent to an activating group) is 1. The van der Waals surface area contributed by atoms with Gasteiger partial charge in [0.25, 0.3) is 0 Å². The zero-order valence-corrected chi connectivity index (χ0v) is 9.28. The molecule has 82 valence electrons.